The number of aryl methyl sites for hydroxylation is 1. The Morgan fingerprint density at radius 3 is 2.53 bits per heavy atom. The average molecular weight is 260 g/mol. The van der Waals surface area contributed by atoms with Crippen molar-refractivity contribution in [2.75, 3.05) is 32.2 Å². The second kappa shape index (κ2) is 5.95. The molecule has 0 aliphatic carbocycles. The van der Waals surface area contributed by atoms with Crippen LogP contribution in [0.15, 0.2) is 24.3 Å². The minimum Gasteiger partial charge on any atom is -0.383 e. The highest BCUT2D eigenvalue weighted by atomic mass is 16.5. The van der Waals surface area contributed by atoms with Crippen LogP contribution in [0.1, 0.15) is 5.69 Å². The number of fused-ring (bicyclic) bond motifs is 1. The van der Waals surface area contributed by atoms with Crippen LogP contribution in [0.3, 0.4) is 0 Å². The number of anilines is 1. The van der Waals surface area contributed by atoms with Crippen LogP contribution in [0, 0.1) is 6.92 Å². The van der Waals surface area contributed by atoms with Gasteiger partial charge in [0.15, 0.2) is 5.82 Å². The Morgan fingerprint density at radius 2 is 1.89 bits per heavy atom. The largest absolute Gasteiger partial charge is 0.383 e. The molecule has 1 aromatic carbocycles. The van der Waals surface area contributed by atoms with Crippen LogP contribution in [0.5, 0.6) is 0 Å². The van der Waals surface area contributed by atoms with E-state index in [1.54, 1.807) is 7.11 Å². The maximum Gasteiger partial charge on any atom is 0.150 e. The van der Waals surface area contributed by atoms with E-state index in [2.05, 4.69) is 9.97 Å². The minimum atomic E-state index is -0.0392. The Balaban J connectivity index is 2.26. The number of rotatable bonds is 5. The first kappa shape index (κ1) is 13.7. The van der Waals surface area contributed by atoms with E-state index >= 15 is 0 Å². The molecule has 0 aliphatic heterocycles. The molecule has 19 heavy (non-hydrogen) atoms. The van der Waals surface area contributed by atoms with Gasteiger partial charge in [0.25, 0.3) is 0 Å². The lowest BCUT2D eigenvalue weighted by Crippen LogP contribution is -2.39. The van der Waals surface area contributed by atoms with Crippen molar-refractivity contribution in [3.05, 3.63) is 30.0 Å². The molecule has 0 saturated carbocycles. The van der Waals surface area contributed by atoms with Crippen LogP contribution in [0.25, 0.3) is 11.0 Å². The zero-order valence-corrected chi connectivity index (χ0v) is 11.6. The summed E-state index contributed by atoms with van der Waals surface area (Å²) in [5.41, 5.74) is 8.69. The first-order valence-electron chi connectivity index (χ1n) is 6.31. The molecule has 2 rings (SSSR count). The molecule has 0 amide bonds. The van der Waals surface area contributed by atoms with Crippen LogP contribution in [0.4, 0.5) is 5.82 Å². The lowest BCUT2D eigenvalue weighted by molar-refractivity contribution is 0.181. The molecule has 0 aliphatic rings. The van der Waals surface area contributed by atoms with Crippen molar-refractivity contribution in [2.24, 2.45) is 5.73 Å². The van der Waals surface area contributed by atoms with Gasteiger partial charge in [0.2, 0.25) is 0 Å². The lowest BCUT2D eigenvalue weighted by atomic mass is 10.2. The summed E-state index contributed by atoms with van der Waals surface area (Å²) < 4.78 is 5.05. The van der Waals surface area contributed by atoms with Gasteiger partial charge in [0, 0.05) is 26.7 Å². The Morgan fingerprint density at radius 1 is 1.26 bits per heavy atom. The number of hydrogen-bond donors (Lipinski definition) is 1. The first-order chi connectivity index (χ1) is 9.11. The van der Waals surface area contributed by atoms with Crippen LogP contribution in [0.2, 0.25) is 0 Å². The van der Waals surface area contributed by atoms with Crippen LogP contribution >= 0.6 is 0 Å². The van der Waals surface area contributed by atoms with Crippen LogP contribution in [-0.2, 0) is 4.74 Å². The number of nitrogens with zero attached hydrogens (tertiary/aromatic N) is 3. The number of nitrogens with two attached hydrogens (primary N) is 1. The summed E-state index contributed by atoms with van der Waals surface area (Å²) in [6.45, 7) is 3.18. The van der Waals surface area contributed by atoms with E-state index in [9.17, 15) is 0 Å². The second-order valence-electron chi connectivity index (χ2n) is 4.72. The molecule has 0 fully saturated rings. The maximum atomic E-state index is 5.97. The van der Waals surface area contributed by atoms with Crippen molar-refractivity contribution in [2.45, 2.75) is 13.0 Å². The Labute approximate surface area is 113 Å². The predicted molar refractivity (Wildman–Crippen MR) is 77.4 cm³/mol. The highest BCUT2D eigenvalue weighted by molar-refractivity contribution is 5.76. The van der Waals surface area contributed by atoms with Crippen molar-refractivity contribution in [1.29, 1.82) is 0 Å². The van der Waals surface area contributed by atoms with Gasteiger partial charge < -0.3 is 15.4 Å². The van der Waals surface area contributed by atoms with Crippen molar-refractivity contribution in [3.8, 4) is 0 Å². The normalized spacial score (nSPS) is 12.6. The smallest absolute Gasteiger partial charge is 0.150 e. The SMILES string of the molecule is COCC(N)CN(C)c1nc2ccccc2nc1C. The Hall–Kier alpha value is -1.72. The quantitative estimate of drug-likeness (QED) is 0.879. The summed E-state index contributed by atoms with van der Waals surface area (Å²) in [6.07, 6.45) is 0. The fraction of sp³-hybridized carbons (Fsp3) is 0.429. The van der Waals surface area contributed by atoms with Crippen LogP contribution < -0.4 is 10.6 Å². The third-order valence-corrected chi connectivity index (χ3v) is 2.97. The van der Waals surface area contributed by atoms with Gasteiger partial charge in [-0.3, -0.25) is 0 Å². The molecular weight excluding hydrogens is 240 g/mol. The molecule has 5 nitrogen and oxygen atoms in total. The van der Waals surface area contributed by atoms with Crippen molar-refractivity contribution in [1.82, 2.24) is 9.97 Å². The topological polar surface area (TPSA) is 64.3 Å². The fourth-order valence-electron chi connectivity index (χ4n) is 2.15. The van der Waals surface area contributed by atoms with E-state index < -0.39 is 0 Å². The fourth-order valence-corrected chi connectivity index (χ4v) is 2.15. The number of aromatic nitrogens is 2. The molecule has 1 aromatic heterocycles. The van der Waals surface area contributed by atoms with Gasteiger partial charge in [0.05, 0.1) is 23.3 Å². The molecule has 0 radical (unpaired) electrons. The molecule has 2 aromatic rings. The molecule has 1 atom stereocenters. The van der Waals surface area contributed by atoms with Gasteiger partial charge in [0.1, 0.15) is 0 Å². The molecule has 0 bridgehead atoms. The first-order valence-corrected chi connectivity index (χ1v) is 6.31. The van der Waals surface area contributed by atoms with Gasteiger partial charge in [-0.15, -0.1) is 0 Å². The summed E-state index contributed by atoms with van der Waals surface area (Å²) in [5, 5.41) is 0. The van der Waals surface area contributed by atoms with E-state index in [0.717, 1.165) is 22.5 Å². The van der Waals surface area contributed by atoms with Crippen molar-refractivity contribution >= 4 is 16.9 Å². The summed E-state index contributed by atoms with van der Waals surface area (Å²) in [7, 11) is 3.63. The highest BCUT2D eigenvalue weighted by Gasteiger charge is 2.12. The van der Waals surface area contributed by atoms with E-state index in [-0.39, 0.29) is 6.04 Å². The van der Waals surface area contributed by atoms with Gasteiger partial charge in [-0.1, -0.05) is 12.1 Å². The van der Waals surface area contributed by atoms with Crippen LogP contribution in [-0.4, -0.2) is 43.3 Å². The third-order valence-electron chi connectivity index (χ3n) is 2.97. The Bertz CT molecular complexity index is 558. The van der Waals surface area contributed by atoms with Gasteiger partial charge in [-0.05, 0) is 19.1 Å². The van der Waals surface area contributed by atoms with Crippen molar-refractivity contribution in [3.63, 3.8) is 0 Å². The number of benzene rings is 1. The zero-order valence-electron chi connectivity index (χ0n) is 11.6. The molecule has 0 saturated heterocycles. The number of likely N-dealkylation sites (N-methyl/N-ethyl adjacent to an activating group) is 1. The van der Waals surface area contributed by atoms with E-state index in [4.69, 9.17) is 10.5 Å². The molecule has 102 valence electrons. The summed E-state index contributed by atoms with van der Waals surface area (Å²) in [6, 6.07) is 7.83. The van der Waals surface area contributed by atoms with Gasteiger partial charge in [-0.25, -0.2) is 9.97 Å². The van der Waals surface area contributed by atoms with Gasteiger partial charge >= 0.3 is 0 Å². The molecule has 1 heterocycles. The second-order valence-corrected chi connectivity index (χ2v) is 4.72. The van der Waals surface area contributed by atoms with E-state index in [0.29, 0.717) is 13.2 Å². The third kappa shape index (κ3) is 3.19. The molecule has 2 N–H and O–H groups in total. The highest BCUT2D eigenvalue weighted by Crippen LogP contribution is 2.18. The van der Waals surface area contributed by atoms with Crippen molar-refractivity contribution < 1.29 is 4.74 Å². The number of para-hydroxylation sites is 2. The molecule has 0 spiro atoms. The molecule has 5 heteroatoms. The summed E-state index contributed by atoms with van der Waals surface area (Å²) >= 11 is 0. The number of methoxy groups -OCH3 is 1. The van der Waals surface area contributed by atoms with Gasteiger partial charge in [-0.2, -0.15) is 0 Å². The van der Waals surface area contributed by atoms with E-state index in [1.165, 1.54) is 0 Å². The number of hydrogen-bond acceptors (Lipinski definition) is 5. The maximum absolute atomic E-state index is 5.97. The lowest BCUT2D eigenvalue weighted by Gasteiger charge is -2.23. The van der Waals surface area contributed by atoms with E-state index in [1.807, 2.05) is 43.1 Å². The summed E-state index contributed by atoms with van der Waals surface area (Å²) in [5.74, 6) is 0.866. The Kier molecular flexibility index (Phi) is 4.29. The molecule has 1 unspecified atom stereocenters. The minimum absolute atomic E-state index is 0.0392. The predicted octanol–water partition coefficient (Wildman–Crippen LogP) is 1.35. The standard InChI is InChI=1S/C14H20N4O/c1-10-14(18(2)8-11(15)9-19-3)17-13-7-5-4-6-12(13)16-10/h4-7,11H,8-9,15H2,1-3H3. The molecular formula is C14H20N4O. The zero-order chi connectivity index (χ0) is 13.8. The number of ether oxygens (including phenoxy) is 1. The summed E-state index contributed by atoms with van der Waals surface area (Å²) in [4.78, 5) is 11.3. The average Bonchev–Trinajstić information content (AvgIpc) is 2.38. The monoisotopic (exact) mass is 260 g/mol.